The van der Waals surface area contributed by atoms with Gasteiger partial charge in [-0.2, -0.15) is 0 Å². The van der Waals surface area contributed by atoms with Crippen molar-refractivity contribution in [1.29, 1.82) is 0 Å². The van der Waals surface area contributed by atoms with Crippen LogP contribution in [0.4, 0.5) is 0 Å². The van der Waals surface area contributed by atoms with Crippen LogP contribution in [0.2, 0.25) is 0 Å². The summed E-state index contributed by atoms with van der Waals surface area (Å²) in [5, 5.41) is 10.5. The van der Waals surface area contributed by atoms with Gasteiger partial charge in [-0.05, 0) is 12.8 Å². The Morgan fingerprint density at radius 2 is 2.00 bits per heavy atom. The van der Waals surface area contributed by atoms with Crippen molar-refractivity contribution in [3.05, 3.63) is 0 Å². The van der Waals surface area contributed by atoms with Gasteiger partial charge in [0.1, 0.15) is 0 Å². The van der Waals surface area contributed by atoms with Crippen LogP contribution in [0.5, 0.6) is 0 Å². The maximum atomic E-state index is 10.5. The van der Waals surface area contributed by atoms with E-state index in [0.717, 1.165) is 6.42 Å². The quantitative estimate of drug-likeness (QED) is 0.299. The van der Waals surface area contributed by atoms with Crippen molar-refractivity contribution < 1.29 is 40.3 Å². The predicted octanol–water partition coefficient (Wildman–Crippen LogP) is -2.62. The summed E-state index contributed by atoms with van der Waals surface area (Å²) in [5.41, 5.74) is 0. The van der Waals surface area contributed by atoms with Gasteiger partial charge in [-0.25, -0.2) is 0 Å². The fraction of sp³-hybridized carbons (Fsp3) is 0.667. The average molecular weight is 291 g/mol. The maximum absolute atomic E-state index is 10.5. The van der Waals surface area contributed by atoms with Gasteiger partial charge in [-0.15, -0.1) is 0 Å². The fourth-order valence-corrected chi connectivity index (χ4v) is 1.67. The minimum atomic E-state index is -1.07. The number of nitrogens with zero attached hydrogens (tertiary/aromatic N) is 1. The third kappa shape index (κ3) is 4.57. The van der Waals surface area contributed by atoms with E-state index in [1.807, 2.05) is 0 Å². The number of hydrogen-bond donors (Lipinski definition) is 0. The second kappa shape index (κ2) is 8.43. The first-order valence-electron chi connectivity index (χ1n) is 3.31. The number of aliphatic carboxylic acids is 1. The molecule has 1 aliphatic rings. The molecule has 1 saturated heterocycles. The first-order chi connectivity index (χ1) is 5.13. The van der Waals surface area contributed by atoms with Crippen LogP contribution < -0.4 is 5.11 Å². The Labute approximate surface area is 106 Å². The summed E-state index contributed by atoms with van der Waals surface area (Å²) < 4.78 is 0.233. The smallest absolute Gasteiger partial charge is 0.548 e. The Morgan fingerprint density at radius 3 is 2.29 bits per heavy atom. The summed E-state index contributed by atoms with van der Waals surface area (Å²) in [4.78, 5) is 12.0. The first-order valence-corrected chi connectivity index (χ1v) is 4.13. The molecule has 4 N–H and O–H groups in total. The summed E-state index contributed by atoms with van der Waals surface area (Å²) in [6.45, 7) is 0.654. The molecule has 1 atom stereocenters. The van der Waals surface area contributed by atoms with Crippen molar-refractivity contribution in [3.63, 3.8) is 0 Å². The zero-order chi connectivity index (χ0) is 8.43. The van der Waals surface area contributed by atoms with Gasteiger partial charge in [0.25, 0.3) is 0 Å². The number of likely N-dealkylation sites (tertiary alicyclic amines) is 1. The van der Waals surface area contributed by atoms with Gasteiger partial charge >= 0.3 is 19.5 Å². The van der Waals surface area contributed by atoms with Crippen LogP contribution >= 0.6 is 12.2 Å². The Hall–Kier alpha value is 0.123. The van der Waals surface area contributed by atoms with E-state index < -0.39 is 12.0 Å². The molecule has 0 aromatic heterocycles. The van der Waals surface area contributed by atoms with Crippen LogP contribution in [0.3, 0.4) is 0 Å². The van der Waals surface area contributed by atoms with Crippen LogP contribution in [-0.2, 0) is 36.9 Å². The molecule has 1 fully saturated rings. The van der Waals surface area contributed by atoms with Crippen molar-refractivity contribution in [2.24, 2.45) is 0 Å². The second-order valence-electron chi connectivity index (χ2n) is 2.44. The Bertz CT molecular complexity index is 184. The SMILES string of the molecule is O.O.O=C([O-])[C@@H]1CCCN1C(=S)[S-].[Zn+2]. The summed E-state index contributed by atoms with van der Waals surface area (Å²) in [6, 6.07) is -0.583. The normalized spacial score (nSPS) is 18.6. The standard InChI is InChI=1S/C6H9NO2S2.2H2O.Zn/c8-5(9)4-2-1-3-7(4)6(10)11;;;/h4H,1-3H2,(H,8,9)(H,10,11);2*1H2;/q;;;+2/p-2/t4-;;;/m0.../s1. The Morgan fingerprint density at radius 1 is 1.50 bits per heavy atom. The number of carboxylic acids is 1. The van der Waals surface area contributed by atoms with E-state index in [9.17, 15) is 9.90 Å². The summed E-state index contributed by atoms with van der Waals surface area (Å²) in [5.74, 6) is -1.07. The van der Waals surface area contributed by atoms with E-state index in [4.69, 9.17) is 24.8 Å². The second-order valence-corrected chi connectivity index (χ2v) is 3.47. The molecule has 78 valence electrons. The van der Waals surface area contributed by atoms with Crippen molar-refractivity contribution in [3.8, 4) is 0 Å². The van der Waals surface area contributed by atoms with Gasteiger partial charge in [0.05, 0.1) is 12.0 Å². The van der Waals surface area contributed by atoms with Gasteiger partial charge in [0, 0.05) is 6.54 Å². The molecule has 5 nitrogen and oxygen atoms in total. The van der Waals surface area contributed by atoms with E-state index in [0.29, 0.717) is 13.0 Å². The molecule has 0 aromatic carbocycles. The third-order valence-electron chi connectivity index (χ3n) is 1.76. The number of carbonyl (C=O) groups excluding carboxylic acids is 1. The number of carbonyl (C=O) groups is 1. The molecule has 1 aliphatic heterocycles. The number of thiocarbonyl (C=S) groups is 1. The fourth-order valence-electron chi connectivity index (χ4n) is 1.23. The summed E-state index contributed by atoms with van der Waals surface area (Å²) in [6.07, 6.45) is 1.43. The molecule has 1 heterocycles. The topological polar surface area (TPSA) is 106 Å². The molecule has 0 radical (unpaired) electrons. The van der Waals surface area contributed by atoms with Crippen LogP contribution in [0.25, 0.3) is 0 Å². The van der Waals surface area contributed by atoms with Crippen molar-refractivity contribution in [1.82, 2.24) is 4.90 Å². The molecule has 0 unspecified atom stereocenters. The molecular weight excluding hydrogens is 280 g/mol. The van der Waals surface area contributed by atoms with Gasteiger partial charge < -0.3 is 50.6 Å². The van der Waals surface area contributed by atoms with E-state index in [1.54, 1.807) is 0 Å². The molecule has 0 spiro atoms. The van der Waals surface area contributed by atoms with Crippen LogP contribution in [0, 0.1) is 0 Å². The number of rotatable bonds is 1. The molecule has 0 aromatic rings. The summed E-state index contributed by atoms with van der Waals surface area (Å²) >= 11 is 9.40. The zero-order valence-corrected chi connectivity index (χ0v) is 12.1. The summed E-state index contributed by atoms with van der Waals surface area (Å²) in [7, 11) is 0. The van der Waals surface area contributed by atoms with Crippen molar-refractivity contribution in [2.75, 3.05) is 6.54 Å². The monoisotopic (exact) mass is 289 g/mol. The third-order valence-corrected chi connectivity index (χ3v) is 2.23. The number of carboxylic acid groups (broad SMARTS) is 1. The van der Waals surface area contributed by atoms with Crippen LogP contribution in [0.15, 0.2) is 0 Å². The minimum Gasteiger partial charge on any atom is -0.548 e. The van der Waals surface area contributed by atoms with E-state index in [-0.39, 0.29) is 34.8 Å². The molecular formula is C6H11NO4S2Zn. The van der Waals surface area contributed by atoms with Crippen molar-refractivity contribution in [2.45, 2.75) is 18.9 Å². The van der Waals surface area contributed by atoms with Crippen LogP contribution in [0.1, 0.15) is 12.8 Å². The average Bonchev–Trinajstić information content (AvgIpc) is 2.32. The van der Waals surface area contributed by atoms with E-state index in [1.165, 1.54) is 4.90 Å². The molecule has 0 aliphatic carbocycles. The van der Waals surface area contributed by atoms with Gasteiger partial charge in [-0.3, -0.25) is 0 Å². The molecule has 0 amide bonds. The first kappa shape index (κ1) is 19.7. The number of hydrogen-bond acceptors (Lipinski definition) is 4. The van der Waals surface area contributed by atoms with Crippen LogP contribution in [-0.4, -0.2) is 38.7 Å². The van der Waals surface area contributed by atoms with Gasteiger partial charge in [0.15, 0.2) is 0 Å². The largest absolute Gasteiger partial charge is 2.00 e. The maximum Gasteiger partial charge on any atom is 2.00 e. The van der Waals surface area contributed by atoms with E-state index in [2.05, 4.69) is 0 Å². The Kier molecular flexibility index (Phi) is 11.8. The Balaban J connectivity index is -0.000000403. The zero-order valence-electron chi connectivity index (χ0n) is 7.49. The van der Waals surface area contributed by atoms with Gasteiger partial charge in [0.2, 0.25) is 0 Å². The molecule has 0 bridgehead atoms. The molecule has 8 heteroatoms. The van der Waals surface area contributed by atoms with E-state index >= 15 is 0 Å². The minimum absolute atomic E-state index is 0. The molecule has 1 rings (SSSR count). The predicted molar refractivity (Wildman–Crippen MR) is 51.9 cm³/mol. The van der Waals surface area contributed by atoms with Gasteiger partial charge in [-0.1, -0.05) is 4.32 Å². The molecule has 14 heavy (non-hydrogen) atoms. The van der Waals surface area contributed by atoms with Crippen molar-refractivity contribution >= 4 is 35.1 Å². The molecule has 0 saturated carbocycles.